The van der Waals surface area contributed by atoms with Gasteiger partial charge in [-0.2, -0.15) is 5.10 Å². The van der Waals surface area contributed by atoms with Crippen molar-refractivity contribution in [2.45, 2.75) is 46.3 Å². The van der Waals surface area contributed by atoms with E-state index in [0.717, 1.165) is 42.5 Å². The maximum Gasteiger partial charge on any atom is 0.168 e. The highest BCUT2D eigenvalue weighted by Gasteiger charge is 2.16. The molecule has 1 atom stereocenters. The van der Waals surface area contributed by atoms with Gasteiger partial charge in [-0.15, -0.1) is 0 Å². The second-order valence-corrected chi connectivity index (χ2v) is 5.03. The Morgan fingerprint density at radius 3 is 2.76 bits per heavy atom. The van der Waals surface area contributed by atoms with Gasteiger partial charge in [0.05, 0.1) is 7.11 Å². The first-order chi connectivity index (χ1) is 10.1. The van der Waals surface area contributed by atoms with Gasteiger partial charge in [0.25, 0.3) is 0 Å². The topological polar surface area (TPSA) is 49.2 Å². The second kappa shape index (κ2) is 7.11. The van der Waals surface area contributed by atoms with Gasteiger partial charge in [-0.25, -0.2) is 9.67 Å². The average molecular weight is 289 g/mol. The zero-order chi connectivity index (χ0) is 15.2. The van der Waals surface area contributed by atoms with Gasteiger partial charge >= 0.3 is 0 Å². The van der Waals surface area contributed by atoms with E-state index in [2.05, 4.69) is 17.0 Å². The standard InChI is InChI=1S/C16H23N3O2/c1-5-6-10-19-16(17-13(3)18-19)12(2)21-15-9-7-8-14(11-15)20-4/h7-9,11-12H,5-6,10H2,1-4H3/t12-/m1/s1. The maximum absolute atomic E-state index is 5.97. The number of hydrogen-bond acceptors (Lipinski definition) is 4. The van der Waals surface area contributed by atoms with Crippen molar-refractivity contribution in [1.82, 2.24) is 14.8 Å². The molecule has 0 fully saturated rings. The molecule has 0 radical (unpaired) electrons. The lowest BCUT2D eigenvalue weighted by molar-refractivity contribution is 0.207. The number of benzene rings is 1. The minimum absolute atomic E-state index is 0.157. The van der Waals surface area contributed by atoms with Crippen molar-refractivity contribution in [3.63, 3.8) is 0 Å². The fourth-order valence-corrected chi connectivity index (χ4v) is 2.18. The lowest BCUT2D eigenvalue weighted by Gasteiger charge is -2.15. The summed E-state index contributed by atoms with van der Waals surface area (Å²) in [6.45, 7) is 6.94. The summed E-state index contributed by atoms with van der Waals surface area (Å²) in [4.78, 5) is 4.50. The lowest BCUT2D eigenvalue weighted by atomic mass is 10.3. The Bertz CT molecular complexity index is 581. The molecule has 114 valence electrons. The minimum atomic E-state index is -0.157. The van der Waals surface area contributed by atoms with Gasteiger partial charge in [0, 0.05) is 12.6 Å². The van der Waals surface area contributed by atoms with Crippen LogP contribution in [0.15, 0.2) is 24.3 Å². The van der Waals surface area contributed by atoms with Crippen LogP contribution in [0.2, 0.25) is 0 Å². The summed E-state index contributed by atoms with van der Waals surface area (Å²) in [5.74, 6) is 3.19. The van der Waals surface area contributed by atoms with Crippen LogP contribution in [0.4, 0.5) is 0 Å². The molecule has 0 saturated carbocycles. The molecule has 0 aliphatic rings. The molecule has 1 aromatic heterocycles. The number of nitrogens with zero attached hydrogens (tertiary/aromatic N) is 3. The van der Waals surface area contributed by atoms with E-state index < -0.39 is 0 Å². The van der Waals surface area contributed by atoms with Crippen LogP contribution in [0.3, 0.4) is 0 Å². The first-order valence-electron chi connectivity index (χ1n) is 7.36. The largest absolute Gasteiger partial charge is 0.497 e. The zero-order valence-corrected chi connectivity index (χ0v) is 13.2. The van der Waals surface area contributed by atoms with Crippen LogP contribution < -0.4 is 9.47 Å². The Balaban J connectivity index is 2.13. The van der Waals surface area contributed by atoms with Crippen molar-refractivity contribution in [1.29, 1.82) is 0 Å². The summed E-state index contributed by atoms with van der Waals surface area (Å²) in [5, 5.41) is 4.45. The van der Waals surface area contributed by atoms with Crippen LogP contribution in [0.1, 0.15) is 44.4 Å². The highest BCUT2D eigenvalue weighted by molar-refractivity contribution is 5.33. The molecule has 1 heterocycles. The first-order valence-corrected chi connectivity index (χ1v) is 7.36. The van der Waals surface area contributed by atoms with Crippen molar-refractivity contribution < 1.29 is 9.47 Å². The van der Waals surface area contributed by atoms with Gasteiger partial charge in [0.2, 0.25) is 0 Å². The smallest absolute Gasteiger partial charge is 0.168 e. The summed E-state index contributed by atoms with van der Waals surface area (Å²) in [7, 11) is 1.65. The molecule has 0 N–H and O–H groups in total. The predicted molar refractivity (Wildman–Crippen MR) is 81.7 cm³/mol. The third-order valence-corrected chi connectivity index (χ3v) is 3.25. The summed E-state index contributed by atoms with van der Waals surface area (Å²) < 4.78 is 13.1. The van der Waals surface area contributed by atoms with Gasteiger partial charge < -0.3 is 9.47 Å². The van der Waals surface area contributed by atoms with Crippen LogP contribution in [0, 0.1) is 6.92 Å². The molecular formula is C16H23N3O2. The molecule has 5 heteroatoms. The number of ether oxygens (including phenoxy) is 2. The quantitative estimate of drug-likeness (QED) is 0.782. The van der Waals surface area contributed by atoms with Gasteiger partial charge in [-0.3, -0.25) is 0 Å². The van der Waals surface area contributed by atoms with Crippen LogP contribution in [0.5, 0.6) is 11.5 Å². The Labute approximate surface area is 125 Å². The Morgan fingerprint density at radius 1 is 1.29 bits per heavy atom. The molecule has 2 aromatic rings. The van der Waals surface area contributed by atoms with Crippen LogP contribution in [-0.4, -0.2) is 21.9 Å². The number of unbranched alkanes of at least 4 members (excludes halogenated alkanes) is 1. The fraction of sp³-hybridized carbons (Fsp3) is 0.500. The molecule has 1 aromatic carbocycles. The van der Waals surface area contributed by atoms with E-state index in [1.54, 1.807) is 7.11 Å². The molecule has 0 aliphatic carbocycles. The first kappa shape index (κ1) is 15.4. The van der Waals surface area contributed by atoms with Crippen molar-refractivity contribution in [3.8, 4) is 11.5 Å². The van der Waals surface area contributed by atoms with E-state index in [1.807, 2.05) is 42.8 Å². The molecule has 0 unspecified atom stereocenters. The monoisotopic (exact) mass is 289 g/mol. The summed E-state index contributed by atoms with van der Waals surface area (Å²) >= 11 is 0. The number of methoxy groups -OCH3 is 1. The Kier molecular flexibility index (Phi) is 5.20. The normalized spacial score (nSPS) is 12.2. The Hall–Kier alpha value is -2.04. The van der Waals surface area contributed by atoms with Gasteiger partial charge in [-0.1, -0.05) is 19.4 Å². The maximum atomic E-state index is 5.97. The Morgan fingerprint density at radius 2 is 2.05 bits per heavy atom. The summed E-state index contributed by atoms with van der Waals surface area (Å²) in [6.07, 6.45) is 2.06. The van der Waals surface area contributed by atoms with E-state index >= 15 is 0 Å². The number of aryl methyl sites for hydroxylation is 2. The third-order valence-electron chi connectivity index (χ3n) is 3.25. The van der Waals surface area contributed by atoms with Crippen LogP contribution in [-0.2, 0) is 6.54 Å². The van der Waals surface area contributed by atoms with E-state index in [9.17, 15) is 0 Å². The molecule has 5 nitrogen and oxygen atoms in total. The zero-order valence-electron chi connectivity index (χ0n) is 13.2. The number of rotatable bonds is 7. The molecule has 0 saturated heterocycles. The molecule has 21 heavy (non-hydrogen) atoms. The van der Waals surface area contributed by atoms with E-state index in [1.165, 1.54) is 0 Å². The predicted octanol–water partition coefficient (Wildman–Crippen LogP) is 3.54. The summed E-state index contributed by atoms with van der Waals surface area (Å²) in [5.41, 5.74) is 0. The van der Waals surface area contributed by atoms with Gasteiger partial charge in [0.15, 0.2) is 11.9 Å². The van der Waals surface area contributed by atoms with Crippen molar-refractivity contribution in [2.75, 3.05) is 7.11 Å². The average Bonchev–Trinajstić information content (AvgIpc) is 2.86. The highest BCUT2D eigenvalue weighted by Crippen LogP contribution is 2.24. The second-order valence-electron chi connectivity index (χ2n) is 5.03. The molecule has 0 spiro atoms. The fourth-order valence-electron chi connectivity index (χ4n) is 2.18. The number of aromatic nitrogens is 3. The lowest BCUT2D eigenvalue weighted by Crippen LogP contribution is -2.13. The summed E-state index contributed by atoms with van der Waals surface area (Å²) in [6, 6.07) is 7.59. The molecule has 0 aliphatic heterocycles. The SMILES string of the molecule is CCCCn1nc(C)nc1[C@@H](C)Oc1cccc(OC)c1. The third kappa shape index (κ3) is 3.97. The van der Waals surface area contributed by atoms with Gasteiger partial charge in [0.1, 0.15) is 17.3 Å². The highest BCUT2D eigenvalue weighted by atomic mass is 16.5. The minimum Gasteiger partial charge on any atom is -0.497 e. The van der Waals surface area contributed by atoms with Crippen molar-refractivity contribution >= 4 is 0 Å². The van der Waals surface area contributed by atoms with E-state index in [4.69, 9.17) is 9.47 Å². The molecule has 0 amide bonds. The van der Waals surface area contributed by atoms with Crippen molar-refractivity contribution in [2.24, 2.45) is 0 Å². The molecular weight excluding hydrogens is 266 g/mol. The van der Waals surface area contributed by atoms with Crippen LogP contribution >= 0.6 is 0 Å². The van der Waals surface area contributed by atoms with Crippen molar-refractivity contribution in [3.05, 3.63) is 35.9 Å². The van der Waals surface area contributed by atoms with E-state index in [-0.39, 0.29) is 6.10 Å². The molecule has 2 rings (SSSR count). The van der Waals surface area contributed by atoms with Gasteiger partial charge in [-0.05, 0) is 32.4 Å². The molecule has 0 bridgehead atoms. The number of hydrogen-bond donors (Lipinski definition) is 0. The van der Waals surface area contributed by atoms with Crippen LogP contribution in [0.25, 0.3) is 0 Å². The van der Waals surface area contributed by atoms with E-state index in [0.29, 0.717) is 0 Å².